The molecule has 1 heterocycles. The van der Waals surface area contributed by atoms with Gasteiger partial charge in [0.25, 0.3) is 5.91 Å². The number of hydrogen-bond donors (Lipinski definition) is 3. The van der Waals surface area contributed by atoms with Crippen molar-refractivity contribution >= 4 is 17.6 Å². The summed E-state index contributed by atoms with van der Waals surface area (Å²) >= 11 is 0. The second-order valence-corrected chi connectivity index (χ2v) is 8.89. The zero-order valence-corrected chi connectivity index (χ0v) is 21.3. The number of anilines is 1. The van der Waals surface area contributed by atoms with E-state index in [1.807, 2.05) is 0 Å². The number of hydrogen-bond acceptors (Lipinski definition) is 6. The highest BCUT2D eigenvalue weighted by Crippen LogP contribution is 2.31. The topological polar surface area (TPSA) is 97.4 Å². The van der Waals surface area contributed by atoms with Crippen LogP contribution in [0.3, 0.4) is 0 Å². The molecule has 0 aromatic heterocycles. The van der Waals surface area contributed by atoms with Crippen LogP contribution >= 0.6 is 0 Å². The number of amides is 3. The number of morpholine rings is 1. The Morgan fingerprint density at radius 2 is 1.68 bits per heavy atom. The van der Waals surface area contributed by atoms with Crippen LogP contribution in [0.5, 0.6) is 0 Å². The molecule has 1 aliphatic heterocycles. The van der Waals surface area contributed by atoms with Crippen LogP contribution in [-0.2, 0) is 17.5 Å². The third-order valence-electron chi connectivity index (χ3n) is 6.40. The average molecular weight is 538 g/mol. The minimum Gasteiger partial charge on any atom is -0.379 e. The highest BCUT2D eigenvalue weighted by Gasteiger charge is 2.30. The summed E-state index contributed by atoms with van der Waals surface area (Å²) in [6, 6.07) is 10.1. The quantitative estimate of drug-likeness (QED) is 0.301. The van der Waals surface area contributed by atoms with Gasteiger partial charge in [-0.3, -0.25) is 19.8 Å². The summed E-state index contributed by atoms with van der Waals surface area (Å²) in [7, 11) is 0. The first-order chi connectivity index (χ1) is 18.2. The number of urea groups is 1. The van der Waals surface area contributed by atoms with Crippen molar-refractivity contribution in [2.45, 2.75) is 19.6 Å². The van der Waals surface area contributed by atoms with E-state index in [-0.39, 0.29) is 12.1 Å². The molecule has 0 radical (unpaired) electrons. The summed E-state index contributed by atoms with van der Waals surface area (Å²) in [5.74, 6) is -0.678. The number of benzene rings is 2. The molecule has 12 heteroatoms. The monoisotopic (exact) mass is 537 g/mol. The number of carbonyl (C=O) groups is 2. The Kier molecular flexibility index (Phi) is 10.9. The van der Waals surface area contributed by atoms with Crippen LogP contribution in [0.1, 0.15) is 28.4 Å². The van der Waals surface area contributed by atoms with Gasteiger partial charge in [0.15, 0.2) is 0 Å². The maximum atomic E-state index is 13.2. The molecule has 1 saturated heterocycles. The standard InChI is InChI=1S/C26H34F3N5O4/c1-2-32(13-14-33-15-17-38-18-16-33)12-11-30-25(36)34(23-9-7-22(8-10-23)26(27,28)29)19-20-3-5-21(6-4-20)24(35)31-37/h3-10,37H,2,11-19H2,1H3,(H,30,36)(H,31,35). The Morgan fingerprint density at radius 3 is 2.26 bits per heavy atom. The van der Waals surface area contributed by atoms with Crippen molar-refractivity contribution in [3.8, 4) is 0 Å². The smallest absolute Gasteiger partial charge is 0.379 e. The largest absolute Gasteiger partial charge is 0.416 e. The zero-order chi connectivity index (χ0) is 27.5. The molecule has 1 aliphatic rings. The average Bonchev–Trinajstić information content (AvgIpc) is 2.93. The van der Waals surface area contributed by atoms with Gasteiger partial charge in [-0.2, -0.15) is 13.2 Å². The Balaban J connectivity index is 1.65. The molecule has 0 aliphatic carbocycles. The van der Waals surface area contributed by atoms with Gasteiger partial charge in [0, 0.05) is 50.5 Å². The summed E-state index contributed by atoms with van der Waals surface area (Å²) in [5.41, 5.74) is 1.91. The van der Waals surface area contributed by atoms with Crippen molar-refractivity contribution in [2.75, 3.05) is 63.9 Å². The Morgan fingerprint density at radius 1 is 1.03 bits per heavy atom. The zero-order valence-electron chi connectivity index (χ0n) is 21.3. The maximum absolute atomic E-state index is 13.2. The van der Waals surface area contributed by atoms with Gasteiger partial charge in [0.2, 0.25) is 0 Å². The number of likely N-dealkylation sites (N-methyl/N-ethyl adjacent to an activating group) is 1. The fourth-order valence-electron chi connectivity index (χ4n) is 4.07. The third-order valence-corrected chi connectivity index (χ3v) is 6.40. The number of nitrogens with one attached hydrogen (secondary N) is 2. The van der Waals surface area contributed by atoms with Crippen molar-refractivity contribution in [1.82, 2.24) is 20.6 Å². The molecule has 2 aromatic rings. The molecule has 0 spiro atoms. The van der Waals surface area contributed by atoms with Gasteiger partial charge < -0.3 is 15.0 Å². The Bertz CT molecular complexity index is 1030. The van der Waals surface area contributed by atoms with Crippen molar-refractivity contribution in [1.29, 1.82) is 0 Å². The van der Waals surface area contributed by atoms with Gasteiger partial charge in [0.1, 0.15) is 0 Å². The van der Waals surface area contributed by atoms with E-state index in [2.05, 4.69) is 22.0 Å². The summed E-state index contributed by atoms with van der Waals surface area (Å²) in [5, 5.41) is 11.7. The van der Waals surface area contributed by atoms with Gasteiger partial charge >= 0.3 is 12.2 Å². The second kappa shape index (κ2) is 14.1. The van der Waals surface area contributed by atoms with Gasteiger partial charge in [-0.25, -0.2) is 10.3 Å². The molecular weight excluding hydrogens is 503 g/mol. The van der Waals surface area contributed by atoms with Gasteiger partial charge in [0.05, 0.1) is 25.3 Å². The molecule has 1 fully saturated rings. The maximum Gasteiger partial charge on any atom is 0.416 e. The van der Waals surface area contributed by atoms with Crippen LogP contribution in [0.4, 0.5) is 23.7 Å². The predicted octanol–water partition coefficient (Wildman–Crippen LogP) is 3.19. The number of ether oxygens (including phenoxy) is 1. The molecular formula is C26H34F3N5O4. The molecule has 0 unspecified atom stereocenters. The van der Waals surface area contributed by atoms with Gasteiger partial charge in [-0.15, -0.1) is 0 Å². The van der Waals surface area contributed by atoms with E-state index in [0.717, 1.165) is 58.1 Å². The molecule has 3 amide bonds. The summed E-state index contributed by atoms with van der Waals surface area (Å²) in [6.45, 7) is 8.96. The molecule has 3 N–H and O–H groups in total. The highest BCUT2D eigenvalue weighted by molar-refractivity contribution is 5.93. The summed E-state index contributed by atoms with van der Waals surface area (Å²) in [6.07, 6.45) is -4.49. The number of rotatable bonds is 11. The van der Waals surface area contributed by atoms with Gasteiger partial charge in [-0.05, 0) is 48.5 Å². The fraction of sp³-hybridized carbons (Fsp3) is 0.462. The first-order valence-electron chi connectivity index (χ1n) is 12.5. The van der Waals surface area contributed by atoms with Crippen molar-refractivity contribution < 1.29 is 32.7 Å². The highest BCUT2D eigenvalue weighted by atomic mass is 19.4. The minimum absolute atomic E-state index is 0.0622. The van der Waals surface area contributed by atoms with Crippen LogP contribution in [0.15, 0.2) is 48.5 Å². The number of alkyl halides is 3. The van der Waals surface area contributed by atoms with Crippen LogP contribution in [-0.4, -0.2) is 86.0 Å². The van der Waals surface area contributed by atoms with E-state index in [1.54, 1.807) is 17.6 Å². The molecule has 9 nitrogen and oxygen atoms in total. The minimum atomic E-state index is -4.49. The number of nitrogens with zero attached hydrogens (tertiary/aromatic N) is 3. The lowest BCUT2D eigenvalue weighted by molar-refractivity contribution is -0.137. The molecule has 0 saturated carbocycles. The lowest BCUT2D eigenvalue weighted by Gasteiger charge is -2.30. The first-order valence-corrected chi connectivity index (χ1v) is 12.5. The van der Waals surface area contributed by atoms with E-state index >= 15 is 0 Å². The predicted molar refractivity (Wildman–Crippen MR) is 136 cm³/mol. The molecule has 0 bridgehead atoms. The summed E-state index contributed by atoms with van der Waals surface area (Å²) in [4.78, 5) is 30.7. The van der Waals surface area contributed by atoms with Crippen LogP contribution < -0.4 is 15.7 Å². The molecule has 0 atom stereocenters. The molecule has 208 valence electrons. The van der Waals surface area contributed by atoms with E-state index in [4.69, 9.17) is 9.94 Å². The van der Waals surface area contributed by atoms with Gasteiger partial charge in [-0.1, -0.05) is 19.1 Å². The first kappa shape index (κ1) is 29.4. The third kappa shape index (κ3) is 8.69. The van der Waals surface area contributed by atoms with E-state index < -0.39 is 23.7 Å². The van der Waals surface area contributed by atoms with Crippen molar-refractivity contribution in [2.24, 2.45) is 0 Å². The Hall–Kier alpha value is -3.19. The van der Waals surface area contributed by atoms with E-state index in [1.165, 1.54) is 29.2 Å². The van der Waals surface area contributed by atoms with E-state index in [9.17, 15) is 22.8 Å². The second-order valence-electron chi connectivity index (χ2n) is 8.89. The van der Waals surface area contributed by atoms with Crippen molar-refractivity contribution in [3.05, 3.63) is 65.2 Å². The number of halogens is 3. The van der Waals surface area contributed by atoms with Crippen LogP contribution in [0, 0.1) is 0 Å². The lowest BCUT2D eigenvalue weighted by Crippen LogP contribution is -2.45. The Labute approximate surface area is 220 Å². The van der Waals surface area contributed by atoms with Crippen LogP contribution in [0.25, 0.3) is 0 Å². The SMILES string of the molecule is CCN(CCNC(=O)N(Cc1ccc(C(=O)NO)cc1)c1ccc(C(F)(F)F)cc1)CCN1CCOCC1. The molecule has 2 aromatic carbocycles. The lowest BCUT2D eigenvalue weighted by atomic mass is 10.1. The number of hydroxylamine groups is 1. The molecule has 3 rings (SSSR count). The summed E-state index contributed by atoms with van der Waals surface area (Å²) < 4.78 is 44.6. The fourth-order valence-corrected chi connectivity index (χ4v) is 4.07. The van der Waals surface area contributed by atoms with E-state index in [0.29, 0.717) is 24.3 Å². The molecule has 38 heavy (non-hydrogen) atoms. The van der Waals surface area contributed by atoms with Crippen molar-refractivity contribution in [3.63, 3.8) is 0 Å². The van der Waals surface area contributed by atoms with Crippen LogP contribution in [0.2, 0.25) is 0 Å². The normalized spacial score (nSPS) is 14.4. The number of carbonyl (C=O) groups excluding carboxylic acids is 2.